The van der Waals surface area contributed by atoms with Crippen molar-refractivity contribution in [3.63, 3.8) is 0 Å². The van der Waals surface area contributed by atoms with Crippen molar-refractivity contribution in [1.82, 2.24) is 0 Å². The third-order valence-corrected chi connectivity index (χ3v) is 3.51. The second kappa shape index (κ2) is 5.89. The van der Waals surface area contributed by atoms with Gasteiger partial charge in [0.25, 0.3) is 0 Å². The van der Waals surface area contributed by atoms with Crippen LogP contribution in [0.25, 0.3) is 0 Å². The van der Waals surface area contributed by atoms with E-state index >= 15 is 0 Å². The van der Waals surface area contributed by atoms with E-state index in [4.69, 9.17) is 9.47 Å². The molecule has 0 spiro atoms. The summed E-state index contributed by atoms with van der Waals surface area (Å²) in [5.41, 5.74) is 2.60. The molecule has 0 aliphatic heterocycles. The first kappa shape index (κ1) is 12.9. The van der Waals surface area contributed by atoms with Crippen LogP contribution in [0, 0.1) is 0 Å². The Balaban J connectivity index is 2.15. The van der Waals surface area contributed by atoms with Crippen molar-refractivity contribution >= 4 is 5.97 Å². The Morgan fingerprint density at radius 3 is 3.00 bits per heavy atom. The number of fused-ring (bicyclic) bond motifs is 1. The Kier molecular flexibility index (Phi) is 4.24. The Hall–Kier alpha value is -1.51. The number of hydrogen-bond donors (Lipinski definition) is 0. The molecule has 1 unspecified atom stereocenters. The van der Waals surface area contributed by atoms with Crippen LogP contribution in [0.3, 0.4) is 0 Å². The van der Waals surface area contributed by atoms with Gasteiger partial charge in [0.15, 0.2) is 0 Å². The molecule has 1 aromatic carbocycles. The number of ether oxygens (including phenoxy) is 2. The summed E-state index contributed by atoms with van der Waals surface area (Å²) in [6.45, 7) is 2.30. The largest absolute Gasteiger partial charge is 0.497 e. The van der Waals surface area contributed by atoms with Crippen molar-refractivity contribution < 1.29 is 14.3 Å². The Morgan fingerprint density at radius 2 is 2.28 bits per heavy atom. The molecule has 98 valence electrons. The maximum atomic E-state index is 11.6. The van der Waals surface area contributed by atoms with Gasteiger partial charge in [0, 0.05) is 0 Å². The second-order valence-corrected chi connectivity index (χ2v) is 4.66. The van der Waals surface area contributed by atoms with Gasteiger partial charge >= 0.3 is 5.97 Å². The maximum Gasteiger partial charge on any atom is 0.306 e. The van der Waals surface area contributed by atoms with Gasteiger partial charge in [-0.1, -0.05) is 6.07 Å². The summed E-state index contributed by atoms with van der Waals surface area (Å²) in [5, 5.41) is 0. The fourth-order valence-corrected chi connectivity index (χ4v) is 2.65. The first-order valence-electron chi connectivity index (χ1n) is 6.57. The van der Waals surface area contributed by atoms with Crippen molar-refractivity contribution in [1.29, 1.82) is 0 Å². The maximum absolute atomic E-state index is 11.6. The van der Waals surface area contributed by atoms with Gasteiger partial charge in [0.1, 0.15) is 5.75 Å². The van der Waals surface area contributed by atoms with E-state index in [-0.39, 0.29) is 5.97 Å². The third-order valence-electron chi connectivity index (χ3n) is 3.51. The number of carbonyl (C=O) groups excluding carboxylic acids is 1. The lowest BCUT2D eigenvalue weighted by atomic mass is 9.81. The van der Waals surface area contributed by atoms with Gasteiger partial charge in [-0.05, 0) is 55.4 Å². The quantitative estimate of drug-likeness (QED) is 0.768. The molecule has 0 amide bonds. The highest BCUT2D eigenvalue weighted by atomic mass is 16.5. The highest BCUT2D eigenvalue weighted by Crippen LogP contribution is 2.35. The van der Waals surface area contributed by atoms with Gasteiger partial charge in [-0.25, -0.2) is 0 Å². The van der Waals surface area contributed by atoms with E-state index in [0.717, 1.165) is 25.0 Å². The predicted octanol–water partition coefficient (Wildman–Crippen LogP) is 3.07. The molecule has 1 aromatic rings. The van der Waals surface area contributed by atoms with Crippen LogP contribution in [0.1, 0.15) is 43.2 Å². The van der Waals surface area contributed by atoms with Crippen molar-refractivity contribution in [3.8, 4) is 5.75 Å². The minimum absolute atomic E-state index is 0.0915. The Labute approximate surface area is 108 Å². The summed E-state index contributed by atoms with van der Waals surface area (Å²) in [6.07, 6.45) is 3.77. The number of rotatable bonds is 4. The smallest absolute Gasteiger partial charge is 0.306 e. The van der Waals surface area contributed by atoms with E-state index in [1.807, 2.05) is 13.0 Å². The number of carbonyl (C=O) groups is 1. The van der Waals surface area contributed by atoms with Gasteiger partial charge in [-0.15, -0.1) is 0 Å². The average molecular weight is 248 g/mol. The topological polar surface area (TPSA) is 35.5 Å². The number of esters is 1. The van der Waals surface area contributed by atoms with Gasteiger partial charge in [0.2, 0.25) is 0 Å². The lowest BCUT2D eigenvalue weighted by molar-refractivity contribution is -0.143. The van der Waals surface area contributed by atoms with Crippen LogP contribution in [0.15, 0.2) is 18.2 Å². The van der Waals surface area contributed by atoms with Gasteiger partial charge in [-0.3, -0.25) is 4.79 Å². The highest BCUT2D eigenvalue weighted by molar-refractivity contribution is 5.70. The molecule has 3 heteroatoms. The molecule has 0 heterocycles. The minimum atomic E-state index is -0.0915. The lowest BCUT2D eigenvalue weighted by Crippen LogP contribution is -2.15. The van der Waals surface area contributed by atoms with Crippen LogP contribution in [0.4, 0.5) is 0 Å². The molecule has 0 aromatic heterocycles. The van der Waals surface area contributed by atoms with E-state index in [9.17, 15) is 4.79 Å². The SMILES string of the molecule is CCOC(=O)CC1CCCc2cc(OC)ccc21. The summed E-state index contributed by atoms with van der Waals surface area (Å²) in [6, 6.07) is 6.16. The zero-order chi connectivity index (χ0) is 13.0. The van der Waals surface area contributed by atoms with Crippen LogP contribution in [-0.2, 0) is 16.0 Å². The molecule has 0 N–H and O–H groups in total. The second-order valence-electron chi connectivity index (χ2n) is 4.66. The number of methoxy groups -OCH3 is 1. The summed E-state index contributed by atoms with van der Waals surface area (Å²) in [7, 11) is 1.68. The molecule has 0 saturated heterocycles. The van der Waals surface area contributed by atoms with Crippen molar-refractivity contribution in [3.05, 3.63) is 29.3 Å². The molecular formula is C15H20O3. The summed E-state index contributed by atoms with van der Waals surface area (Å²) < 4.78 is 10.3. The molecule has 0 radical (unpaired) electrons. The normalized spacial score (nSPS) is 18.0. The highest BCUT2D eigenvalue weighted by Gasteiger charge is 2.23. The summed E-state index contributed by atoms with van der Waals surface area (Å²) in [4.78, 5) is 11.6. The van der Waals surface area contributed by atoms with Crippen molar-refractivity contribution in [2.75, 3.05) is 13.7 Å². The van der Waals surface area contributed by atoms with Crippen molar-refractivity contribution in [2.24, 2.45) is 0 Å². The molecule has 0 bridgehead atoms. The average Bonchev–Trinajstić information content (AvgIpc) is 2.38. The van der Waals surface area contributed by atoms with Crippen molar-refractivity contribution in [2.45, 2.75) is 38.5 Å². The standard InChI is InChI=1S/C15H20O3/c1-3-18-15(16)10-12-6-4-5-11-9-13(17-2)7-8-14(11)12/h7-9,12H,3-6,10H2,1-2H3. The first-order valence-corrected chi connectivity index (χ1v) is 6.57. The van der Waals surface area contributed by atoms with Gasteiger partial charge in [-0.2, -0.15) is 0 Å². The monoisotopic (exact) mass is 248 g/mol. The molecule has 1 atom stereocenters. The van der Waals surface area contributed by atoms with Crippen LogP contribution < -0.4 is 4.74 Å². The number of aryl methyl sites for hydroxylation is 1. The molecule has 18 heavy (non-hydrogen) atoms. The molecule has 1 aliphatic rings. The fourth-order valence-electron chi connectivity index (χ4n) is 2.65. The van der Waals surface area contributed by atoms with E-state index in [1.165, 1.54) is 11.1 Å². The Morgan fingerprint density at radius 1 is 1.44 bits per heavy atom. The van der Waals surface area contributed by atoms with Gasteiger partial charge in [0.05, 0.1) is 20.1 Å². The zero-order valence-corrected chi connectivity index (χ0v) is 11.1. The van der Waals surface area contributed by atoms with E-state index in [0.29, 0.717) is 18.9 Å². The molecule has 0 saturated carbocycles. The minimum Gasteiger partial charge on any atom is -0.497 e. The summed E-state index contributed by atoms with van der Waals surface area (Å²) in [5.74, 6) is 1.11. The molecule has 2 rings (SSSR count). The molecular weight excluding hydrogens is 228 g/mol. The molecule has 1 aliphatic carbocycles. The van der Waals surface area contributed by atoms with Crippen LogP contribution in [0.5, 0.6) is 5.75 Å². The van der Waals surface area contributed by atoms with Crippen LogP contribution in [-0.4, -0.2) is 19.7 Å². The molecule has 0 fully saturated rings. The Bertz CT molecular complexity index is 426. The summed E-state index contributed by atoms with van der Waals surface area (Å²) >= 11 is 0. The van der Waals surface area contributed by atoms with E-state index < -0.39 is 0 Å². The van der Waals surface area contributed by atoms with Crippen LogP contribution >= 0.6 is 0 Å². The zero-order valence-electron chi connectivity index (χ0n) is 11.1. The van der Waals surface area contributed by atoms with Crippen LogP contribution in [0.2, 0.25) is 0 Å². The number of hydrogen-bond acceptors (Lipinski definition) is 3. The molecule has 3 nitrogen and oxygen atoms in total. The fraction of sp³-hybridized carbons (Fsp3) is 0.533. The van der Waals surface area contributed by atoms with Gasteiger partial charge < -0.3 is 9.47 Å². The van der Waals surface area contributed by atoms with E-state index in [2.05, 4.69) is 12.1 Å². The lowest BCUT2D eigenvalue weighted by Gasteiger charge is -2.25. The number of benzene rings is 1. The predicted molar refractivity (Wildman–Crippen MR) is 69.9 cm³/mol. The first-order chi connectivity index (χ1) is 8.74. The van der Waals surface area contributed by atoms with E-state index in [1.54, 1.807) is 7.11 Å². The third kappa shape index (κ3) is 2.84.